The van der Waals surface area contributed by atoms with E-state index in [-0.39, 0.29) is 24.1 Å². The molecular formula is C20H26N4O5. The normalized spacial score (nSPS) is 14.1. The smallest absolute Gasteiger partial charge is 0.330 e. The molecule has 2 heterocycles. The quantitative estimate of drug-likeness (QED) is 0.537. The van der Waals surface area contributed by atoms with Crippen molar-refractivity contribution in [3.8, 4) is 5.88 Å². The molecule has 29 heavy (non-hydrogen) atoms. The molecule has 0 aliphatic heterocycles. The highest BCUT2D eigenvalue weighted by Crippen LogP contribution is 2.25. The molecule has 9 nitrogen and oxygen atoms in total. The molecule has 1 aliphatic carbocycles. The summed E-state index contributed by atoms with van der Waals surface area (Å²) in [6.45, 7) is 7.85. The molecular weight excluding hydrogens is 376 g/mol. The van der Waals surface area contributed by atoms with Crippen LogP contribution in [0.25, 0.3) is 11.7 Å². The number of aromatic nitrogens is 3. The fourth-order valence-corrected chi connectivity index (χ4v) is 3.12. The predicted molar refractivity (Wildman–Crippen MR) is 107 cm³/mol. The summed E-state index contributed by atoms with van der Waals surface area (Å²) in [6, 6.07) is 0.0398. The Morgan fingerprint density at radius 1 is 1.38 bits per heavy atom. The van der Waals surface area contributed by atoms with Gasteiger partial charge in [-0.15, -0.1) is 0 Å². The molecule has 0 saturated heterocycles. The lowest BCUT2D eigenvalue weighted by atomic mass is 10.2. The predicted octanol–water partition coefficient (Wildman–Crippen LogP) is 1.63. The number of aryl methyl sites for hydroxylation is 1. The summed E-state index contributed by atoms with van der Waals surface area (Å²) >= 11 is 0. The number of nitrogens with zero attached hydrogens (tertiary/aromatic N) is 3. The van der Waals surface area contributed by atoms with Crippen LogP contribution in [0.2, 0.25) is 0 Å². The molecule has 1 aliphatic rings. The first-order chi connectivity index (χ1) is 13.7. The van der Waals surface area contributed by atoms with E-state index in [1.165, 1.54) is 21.2 Å². The third-order valence-corrected chi connectivity index (χ3v) is 4.58. The van der Waals surface area contributed by atoms with Crippen LogP contribution >= 0.6 is 0 Å². The molecule has 2 aromatic rings. The Morgan fingerprint density at radius 3 is 2.66 bits per heavy atom. The van der Waals surface area contributed by atoms with Crippen molar-refractivity contribution >= 4 is 23.6 Å². The number of aromatic hydroxyl groups is 1. The number of amides is 1. The molecule has 0 unspecified atom stereocenters. The lowest BCUT2D eigenvalue weighted by Gasteiger charge is -2.15. The van der Waals surface area contributed by atoms with Gasteiger partial charge in [0.2, 0.25) is 5.88 Å². The summed E-state index contributed by atoms with van der Waals surface area (Å²) in [5.74, 6) is -1.54. The molecule has 0 atom stereocenters. The maximum atomic E-state index is 13.2. The minimum Gasteiger partial charge on any atom is -0.492 e. The van der Waals surface area contributed by atoms with E-state index in [0.29, 0.717) is 23.4 Å². The second kappa shape index (κ2) is 8.10. The number of hydrogen-bond donors (Lipinski definition) is 2. The van der Waals surface area contributed by atoms with Crippen molar-refractivity contribution in [1.82, 2.24) is 19.5 Å². The van der Waals surface area contributed by atoms with Crippen LogP contribution < -0.4 is 10.9 Å². The van der Waals surface area contributed by atoms with E-state index in [1.807, 2.05) is 13.8 Å². The standard InChI is InChI=1S/C20H26N4O5/c1-5-29-15(25)9-8-14-12(4)22-24-18(14)23(10-11(2)3)19(27)16(20(24)28)17(26)21-13-6-7-13/h8-9,11,13,28H,5-7,10H2,1-4H3,(H,21,26)/b9-8+. The van der Waals surface area contributed by atoms with Crippen LogP contribution in [-0.4, -0.2) is 43.8 Å². The minimum absolute atomic E-state index is 0.0398. The lowest BCUT2D eigenvalue weighted by molar-refractivity contribution is -0.137. The van der Waals surface area contributed by atoms with E-state index in [1.54, 1.807) is 13.8 Å². The number of fused-ring (bicyclic) bond motifs is 1. The summed E-state index contributed by atoms with van der Waals surface area (Å²) < 4.78 is 7.52. The number of ether oxygens (including phenoxy) is 1. The van der Waals surface area contributed by atoms with E-state index < -0.39 is 23.3 Å². The Morgan fingerprint density at radius 2 is 2.07 bits per heavy atom. The van der Waals surface area contributed by atoms with Gasteiger partial charge in [-0.25, -0.2) is 4.79 Å². The number of carbonyl (C=O) groups excluding carboxylic acids is 2. The lowest BCUT2D eigenvalue weighted by Crippen LogP contribution is -2.36. The van der Waals surface area contributed by atoms with Gasteiger partial charge in [-0.2, -0.15) is 9.61 Å². The molecule has 1 amide bonds. The molecule has 0 radical (unpaired) electrons. The van der Waals surface area contributed by atoms with Crippen LogP contribution in [0.4, 0.5) is 0 Å². The first kappa shape index (κ1) is 20.6. The van der Waals surface area contributed by atoms with Crippen LogP contribution in [0.1, 0.15) is 55.2 Å². The Hall–Kier alpha value is -3.10. The van der Waals surface area contributed by atoms with Gasteiger partial charge < -0.3 is 15.2 Å². The van der Waals surface area contributed by atoms with Crippen molar-refractivity contribution in [2.24, 2.45) is 5.92 Å². The summed E-state index contributed by atoms with van der Waals surface area (Å²) in [5, 5.41) is 17.8. The van der Waals surface area contributed by atoms with Gasteiger partial charge >= 0.3 is 5.97 Å². The number of esters is 1. The Bertz CT molecular complexity index is 1040. The highest BCUT2D eigenvalue weighted by atomic mass is 16.5. The summed E-state index contributed by atoms with van der Waals surface area (Å²) in [7, 11) is 0. The van der Waals surface area contributed by atoms with Gasteiger partial charge in [-0.05, 0) is 38.7 Å². The van der Waals surface area contributed by atoms with Crippen molar-refractivity contribution in [2.75, 3.05) is 6.61 Å². The van der Waals surface area contributed by atoms with Gasteiger partial charge in [-0.1, -0.05) is 13.8 Å². The molecule has 156 valence electrons. The van der Waals surface area contributed by atoms with Crippen molar-refractivity contribution in [3.05, 3.63) is 33.3 Å². The van der Waals surface area contributed by atoms with E-state index >= 15 is 0 Å². The van der Waals surface area contributed by atoms with Gasteiger partial charge in [0.05, 0.1) is 12.3 Å². The monoisotopic (exact) mass is 402 g/mol. The molecule has 3 rings (SSSR count). The third kappa shape index (κ3) is 4.18. The molecule has 2 aromatic heterocycles. The zero-order valence-corrected chi connectivity index (χ0v) is 17.1. The topological polar surface area (TPSA) is 115 Å². The second-order valence-electron chi connectivity index (χ2n) is 7.58. The fourth-order valence-electron chi connectivity index (χ4n) is 3.12. The van der Waals surface area contributed by atoms with Crippen LogP contribution in [0.15, 0.2) is 10.9 Å². The van der Waals surface area contributed by atoms with Gasteiger partial charge in [0.15, 0.2) is 5.56 Å². The van der Waals surface area contributed by atoms with Crippen molar-refractivity contribution < 1.29 is 19.4 Å². The van der Waals surface area contributed by atoms with Crippen LogP contribution in [-0.2, 0) is 16.1 Å². The SMILES string of the molecule is CCOC(=O)/C=C/c1c(C)nn2c(O)c(C(=O)NC3CC3)c(=O)n(CC(C)C)c12. The second-order valence-corrected chi connectivity index (χ2v) is 7.58. The Kier molecular flexibility index (Phi) is 5.76. The minimum atomic E-state index is -0.605. The van der Waals surface area contributed by atoms with E-state index in [0.717, 1.165) is 12.8 Å². The van der Waals surface area contributed by atoms with E-state index in [9.17, 15) is 19.5 Å². The maximum absolute atomic E-state index is 13.2. The first-order valence-electron chi connectivity index (χ1n) is 9.75. The summed E-state index contributed by atoms with van der Waals surface area (Å²) in [6.07, 6.45) is 4.48. The average molecular weight is 402 g/mol. The van der Waals surface area contributed by atoms with Gasteiger partial charge in [0.1, 0.15) is 5.65 Å². The molecule has 9 heteroatoms. The van der Waals surface area contributed by atoms with Crippen molar-refractivity contribution in [2.45, 2.75) is 53.1 Å². The van der Waals surface area contributed by atoms with Crippen molar-refractivity contribution in [1.29, 1.82) is 0 Å². The molecule has 1 saturated carbocycles. The maximum Gasteiger partial charge on any atom is 0.330 e. The number of hydrogen-bond acceptors (Lipinski definition) is 6. The molecule has 0 bridgehead atoms. The van der Waals surface area contributed by atoms with Gasteiger partial charge in [-0.3, -0.25) is 14.2 Å². The average Bonchev–Trinajstić information content (AvgIpc) is 3.38. The zero-order chi connectivity index (χ0) is 21.3. The largest absolute Gasteiger partial charge is 0.492 e. The summed E-state index contributed by atoms with van der Waals surface area (Å²) in [4.78, 5) is 37.5. The van der Waals surface area contributed by atoms with Crippen LogP contribution in [0.3, 0.4) is 0 Å². The zero-order valence-electron chi connectivity index (χ0n) is 17.1. The van der Waals surface area contributed by atoms with E-state index in [4.69, 9.17) is 4.74 Å². The van der Waals surface area contributed by atoms with Gasteiger partial charge in [0.25, 0.3) is 11.5 Å². The summed E-state index contributed by atoms with van der Waals surface area (Å²) in [5.41, 5.74) is 0.404. The third-order valence-electron chi connectivity index (χ3n) is 4.58. The van der Waals surface area contributed by atoms with Crippen LogP contribution in [0, 0.1) is 12.8 Å². The Balaban J connectivity index is 2.22. The highest BCUT2D eigenvalue weighted by molar-refractivity contribution is 5.97. The number of nitrogens with one attached hydrogen (secondary N) is 1. The van der Waals surface area contributed by atoms with Gasteiger partial charge in [0, 0.05) is 24.2 Å². The molecule has 2 N–H and O–H groups in total. The number of rotatable bonds is 7. The number of carbonyl (C=O) groups is 2. The molecule has 0 aromatic carbocycles. The molecule has 1 fully saturated rings. The first-order valence-corrected chi connectivity index (χ1v) is 9.75. The highest BCUT2D eigenvalue weighted by Gasteiger charge is 2.30. The van der Waals surface area contributed by atoms with Crippen molar-refractivity contribution in [3.63, 3.8) is 0 Å². The fraction of sp³-hybridized carbons (Fsp3) is 0.500. The van der Waals surface area contributed by atoms with Crippen LogP contribution in [0.5, 0.6) is 5.88 Å². The van der Waals surface area contributed by atoms with E-state index in [2.05, 4.69) is 10.4 Å². The Labute approximate surface area is 168 Å². The molecule has 0 spiro atoms.